The maximum atomic E-state index is 13.8. The molecule has 0 aromatic heterocycles. The predicted molar refractivity (Wildman–Crippen MR) is 85.2 cm³/mol. The quantitative estimate of drug-likeness (QED) is 0.666. The first-order valence-corrected chi connectivity index (χ1v) is 7.30. The molecule has 0 unspecified atom stereocenters. The van der Waals surface area contributed by atoms with Crippen molar-refractivity contribution in [2.24, 2.45) is 11.1 Å². The number of amides is 2. The number of benzene rings is 2. The molecule has 124 valence electrons. The maximum absolute atomic E-state index is 13.8. The van der Waals surface area contributed by atoms with Crippen LogP contribution in [0.2, 0.25) is 0 Å². The number of nitrogen functional groups attached to an aromatic ring is 1. The topological polar surface area (TPSA) is 89.4 Å². The molecule has 2 aromatic rings. The molecule has 4 N–H and O–H groups in total. The van der Waals surface area contributed by atoms with Gasteiger partial charge in [0.25, 0.3) is 0 Å². The number of halogens is 2. The lowest BCUT2D eigenvalue weighted by molar-refractivity contribution is -0.133. The lowest BCUT2D eigenvalue weighted by Gasteiger charge is -2.26. The second-order valence-electron chi connectivity index (χ2n) is 5.77. The fourth-order valence-corrected chi connectivity index (χ4v) is 2.53. The number of nitrogens with two attached hydrogens (primary N) is 2. The van der Waals surface area contributed by atoms with E-state index in [-0.39, 0.29) is 11.4 Å². The average Bonchev–Trinajstić information content (AvgIpc) is 3.34. The average molecular weight is 331 g/mol. The van der Waals surface area contributed by atoms with E-state index in [1.54, 1.807) is 0 Å². The molecule has 0 radical (unpaired) electrons. The fourth-order valence-electron chi connectivity index (χ4n) is 2.53. The molecule has 1 aliphatic carbocycles. The first-order chi connectivity index (χ1) is 11.3. The van der Waals surface area contributed by atoms with Crippen molar-refractivity contribution in [2.45, 2.75) is 12.8 Å². The van der Waals surface area contributed by atoms with Gasteiger partial charge in [-0.25, -0.2) is 8.78 Å². The van der Waals surface area contributed by atoms with E-state index < -0.39 is 28.9 Å². The summed E-state index contributed by atoms with van der Waals surface area (Å²) >= 11 is 0. The van der Waals surface area contributed by atoms with Crippen molar-refractivity contribution in [2.75, 3.05) is 10.6 Å². The molecule has 7 heteroatoms. The third-order valence-corrected chi connectivity index (χ3v) is 4.16. The van der Waals surface area contributed by atoms with Crippen LogP contribution >= 0.6 is 0 Å². The van der Waals surface area contributed by atoms with Crippen LogP contribution in [0.1, 0.15) is 12.8 Å². The highest BCUT2D eigenvalue weighted by molar-refractivity contribution is 6.16. The molecule has 0 atom stereocenters. The van der Waals surface area contributed by atoms with Gasteiger partial charge in [0.05, 0.1) is 11.4 Å². The summed E-state index contributed by atoms with van der Waals surface area (Å²) in [6, 6.07) is 8.96. The summed E-state index contributed by atoms with van der Waals surface area (Å²) in [7, 11) is 0. The predicted octanol–water partition coefficient (Wildman–Crippen LogP) is 2.48. The Hall–Kier alpha value is -2.96. The molecule has 0 heterocycles. The second kappa shape index (κ2) is 5.59. The summed E-state index contributed by atoms with van der Waals surface area (Å²) in [5.41, 5.74) is 9.96. The maximum Gasteiger partial charge on any atom is 0.247 e. The Balaban J connectivity index is 2.10. The summed E-state index contributed by atoms with van der Waals surface area (Å²) in [6.07, 6.45) is 0.659. The van der Waals surface area contributed by atoms with Crippen LogP contribution in [0, 0.1) is 17.0 Å². The highest BCUT2D eigenvalue weighted by atomic mass is 19.1. The molecule has 3 rings (SSSR count). The van der Waals surface area contributed by atoms with E-state index in [0.717, 1.165) is 6.07 Å². The zero-order valence-corrected chi connectivity index (χ0v) is 12.6. The number of rotatable bonds is 4. The van der Waals surface area contributed by atoms with Gasteiger partial charge in [0.15, 0.2) is 0 Å². The molecule has 0 saturated heterocycles. The van der Waals surface area contributed by atoms with E-state index >= 15 is 0 Å². The first-order valence-electron chi connectivity index (χ1n) is 7.30. The van der Waals surface area contributed by atoms with Crippen LogP contribution in [0.4, 0.5) is 25.8 Å². The molecule has 1 saturated carbocycles. The van der Waals surface area contributed by atoms with Crippen molar-refractivity contribution in [1.82, 2.24) is 0 Å². The van der Waals surface area contributed by atoms with Crippen LogP contribution in [-0.2, 0) is 9.59 Å². The van der Waals surface area contributed by atoms with Gasteiger partial charge in [-0.1, -0.05) is 0 Å². The molecule has 24 heavy (non-hydrogen) atoms. The van der Waals surface area contributed by atoms with Gasteiger partial charge >= 0.3 is 0 Å². The minimum atomic E-state index is -1.30. The van der Waals surface area contributed by atoms with Gasteiger partial charge in [0.2, 0.25) is 11.8 Å². The van der Waals surface area contributed by atoms with Crippen LogP contribution in [0.25, 0.3) is 0 Å². The Morgan fingerprint density at radius 3 is 2.08 bits per heavy atom. The van der Waals surface area contributed by atoms with E-state index in [4.69, 9.17) is 11.5 Å². The molecule has 5 nitrogen and oxygen atoms in total. The van der Waals surface area contributed by atoms with Crippen molar-refractivity contribution in [3.63, 3.8) is 0 Å². The summed E-state index contributed by atoms with van der Waals surface area (Å²) in [6.45, 7) is 0. The Kier molecular flexibility index (Phi) is 3.71. The zero-order valence-electron chi connectivity index (χ0n) is 12.6. The minimum Gasteiger partial charge on any atom is -0.396 e. The van der Waals surface area contributed by atoms with Gasteiger partial charge in [0.1, 0.15) is 17.0 Å². The normalized spacial score (nSPS) is 14.9. The van der Waals surface area contributed by atoms with Crippen molar-refractivity contribution in [3.05, 3.63) is 54.1 Å². The van der Waals surface area contributed by atoms with Crippen molar-refractivity contribution in [3.8, 4) is 0 Å². The minimum absolute atomic E-state index is 0.0682. The van der Waals surface area contributed by atoms with Gasteiger partial charge in [0, 0.05) is 11.8 Å². The molecule has 0 bridgehead atoms. The van der Waals surface area contributed by atoms with Crippen LogP contribution in [-0.4, -0.2) is 11.8 Å². The summed E-state index contributed by atoms with van der Waals surface area (Å²) in [5.74, 6) is -2.47. The van der Waals surface area contributed by atoms with Gasteiger partial charge in [-0.3, -0.25) is 14.5 Å². The number of hydrogen-bond acceptors (Lipinski definition) is 3. The number of anilines is 3. The summed E-state index contributed by atoms with van der Waals surface area (Å²) in [5, 5.41) is 0. The van der Waals surface area contributed by atoms with Gasteiger partial charge in [-0.15, -0.1) is 0 Å². The number of carbonyl (C=O) groups excluding carboxylic acids is 2. The lowest BCUT2D eigenvalue weighted by Crippen LogP contribution is -2.41. The molecule has 2 aromatic carbocycles. The molecular weight excluding hydrogens is 316 g/mol. The third-order valence-electron chi connectivity index (χ3n) is 4.16. The zero-order chi connectivity index (χ0) is 17.5. The summed E-state index contributed by atoms with van der Waals surface area (Å²) in [4.78, 5) is 25.8. The fraction of sp³-hybridized carbons (Fsp3) is 0.176. The highest BCUT2D eigenvalue weighted by Crippen LogP contribution is 2.49. The van der Waals surface area contributed by atoms with Crippen LogP contribution in [0.5, 0.6) is 0 Å². The molecule has 1 fully saturated rings. The number of primary amides is 1. The summed E-state index contributed by atoms with van der Waals surface area (Å²) < 4.78 is 27.0. The Morgan fingerprint density at radius 1 is 1.00 bits per heavy atom. The van der Waals surface area contributed by atoms with Gasteiger partial charge in [-0.2, -0.15) is 0 Å². The van der Waals surface area contributed by atoms with E-state index in [9.17, 15) is 18.4 Å². The largest absolute Gasteiger partial charge is 0.396 e. The Morgan fingerprint density at radius 2 is 1.58 bits per heavy atom. The van der Waals surface area contributed by atoms with Crippen LogP contribution in [0.15, 0.2) is 42.5 Å². The second-order valence-corrected chi connectivity index (χ2v) is 5.77. The van der Waals surface area contributed by atoms with E-state index in [1.807, 2.05) is 0 Å². The third kappa shape index (κ3) is 2.58. The van der Waals surface area contributed by atoms with Crippen molar-refractivity contribution in [1.29, 1.82) is 0 Å². The Labute approximate surface area is 136 Å². The van der Waals surface area contributed by atoms with Crippen LogP contribution in [0.3, 0.4) is 0 Å². The van der Waals surface area contributed by atoms with Gasteiger partial charge in [-0.05, 0) is 49.2 Å². The van der Waals surface area contributed by atoms with Crippen LogP contribution < -0.4 is 16.4 Å². The SMILES string of the molecule is NC(=O)C1(C(=O)N(c2ccc(F)cc2)c2ccc(N)c(F)c2)CC1. The molecule has 0 spiro atoms. The lowest BCUT2D eigenvalue weighted by atomic mass is 10.0. The highest BCUT2D eigenvalue weighted by Gasteiger charge is 2.57. The Bertz CT molecular complexity index is 817. The van der Waals surface area contributed by atoms with Crippen molar-refractivity contribution < 1.29 is 18.4 Å². The monoisotopic (exact) mass is 331 g/mol. The standard InChI is InChI=1S/C17H15F2N3O2/c18-10-1-3-11(4-2-10)22(12-5-6-14(20)13(19)9-12)16(24)17(7-8-17)15(21)23/h1-6,9H,7-8,20H2,(H2,21,23). The van der Waals surface area contributed by atoms with Crippen molar-refractivity contribution >= 4 is 28.9 Å². The van der Waals surface area contributed by atoms with E-state index in [1.165, 1.54) is 41.3 Å². The molecule has 1 aliphatic rings. The van der Waals surface area contributed by atoms with Gasteiger partial charge < -0.3 is 11.5 Å². The first kappa shape index (κ1) is 15.9. The van der Waals surface area contributed by atoms with E-state index in [2.05, 4.69) is 0 Å². The number of hydrogen-bond donors (Lipinski definition) is 2. The smallest absolute Gasteiger partial charge is 0.247 e. The molecule has 0 aliphatic heterocycles. The number of carbonyl (C=O) groups is 2. The number of nitrogens with zero attached hydrogens (tertiary/aromatic N) is 1. The molecular formula is C17H15F2N3O2. The van der Waals surface area contributed by atoms with E-state index in [0.29, 0.717) is 18.5 Å². The molecule has 2 amide bonds.